The minimum absolute atomic E-state index is 0.128. The van der Waals surface area contributed by atoms with E-state index < -0.39 is 0 Å². The van der Waals surface area contributed by atoms with E-state index in [1.54, 1.807) is 21.8 Å². The van der Waals surface area contributed by atoms with Gasteiger partial charge in [0.1, 0.15) is 11.6 Å². The van der Waals surface area contributed by atoms with Crippen LogP contribution in [0, 0.1) is 11.7 Å². The third-order valence-electron chi connectivity index (χ3n) is 5.92. The van der Waals surface area contributed by atoms with Gasteiger partial charge in [-0.1, -0.05) is 12.1 Å². The highest BCUT2D eigenvalue weighted by atomic mass is 19.1. The van der Waals surface area contributed by atoms with E-state index in [0.717, 1.165) is 17.7 Å². The molecule has 0 spiro atoms. The molecule has 2 aromatic carbocycles. The van der Waals surface area contributed by atoms with Crippen molar-refractivity contribution in [2.45, 2.75) is 19.4 Å². The van der Waals surface area contributed by atoms with Gasteiger partial charge < -0.3 is 15.1 Å². The highest BCUT2D eigenvalue weighted by Crippen LogP contribution is 2.21. The first kappa shape index (κ1) is 22.5. The van der Waals surface area contributed by atoms with Crippen molar-refractivity contribution in [1.82, 2.24) is 14.7 Å². The predicted molar refractivity (Wildman–Crippen MR) is 126 cm³/mol. The lowest BCUT2D eigenvalue weighted by Crippen LogP contribution is -2.43. The number of piperidine rings is 1. The number of nitrogens with one attached hydrogen (secondary N) is 1. The van der Waals surface area contributed by atoms with Crippen molar-refractivity contribution < 1.29 is 14.0 Å². The van der Waals surface area contributed by atoms with Crippen LogP contribution in [0.4, 0.5) is 15.9 Å². The number of anilines is 2. The molecule has 3 aromatic rings. The average Bonchev–Trinajstić information content (AvgIpc) is 3.25. The van der Waals surface area contributed by atoms with Gasteiger partial charge >= 0.3 is 0 Å². The van der Waals surface area contributed by atoms with Gasteiger partial charge in [-0.2, -0.15) is 5.10 Å². The van der Waals surface area contributed by atoms with Gasteiger partial charge in [0, 0.05) is 44.5 Å². The first-order chi connectivity index (χ1) is 15.9. The molecule has 1 unspecified atom stereocenters. The Morgan fingerprint density at radius 3 is 2.52 bits per heavy atom. The number of carbonyl (C=O) groups excluding carboxylic acids is 2. The number of likely N-dealkylation sites (tertiary alicyclic amines) is 1. The molecule has 1 atom stereocenters. The topological polar surface area (TPSA) is 70.5 Å². The fraction of sp³-hybridized carbons (Fsp3) is 0.320. The van der Waals surface area contributed by atoms with E-state index in [2.05, 4.69) is 10.4 Å². The van der Waals surface area contributed by atoms with Gasteiger partial charge in [0.05, 0.1) is 18.7 Å². The number of hydrogen-bond donors (Lipinski definition) is 1. The lowest BCUT2D eigenvalue weighted by atomic mass is 9.96. The van der Waals surface area contributed by atoms with Crippen LogP contribution in [0.5, 0.6) is 0 Å². The Kier molecular flexibility index (Phi) is 6.72. The quantitative estimate of drug-likeness (QED) is 0.624. The molecular formula is C25H28FN5O2. The molecule has 8 heteroatoms. The summed E-state index contributed by atoms with van der Waals surface area (Å²) in [4.78, 5) is 29.5. The Labute approximate surface area is 192 Å². The third kappa shape index (κ3) is 5.39. The van der Waals surface area contributed by atoms with Crippen molar-refractivity contribution in [2.24, 2.45) is 5.92 Å². The number of nitrogens with zero attached hydrogens (tertiary/aromatic N) is 4. The number of amides is 2. The Morgan fingerprint density at radius 1 is 1.09 bits per heavy atom. The van der Waals surface area contributed by atoms with Crippen molar-refractivity contribution in [1.29, 1.82) is 0 Å². The van der Waals surface area contributed by atoms with Crippen LogP contribution in [0.3, 0.4) is 0 Å². The van der Waals surface area contributed by atoms with Crippen molar-refractivity contribution >= 4 is 23.3 Å². The summed E-state index contributed by atoms with van der Waals surface area (Å²) in [7, 11) is 3.99. The number of aromatic nitrogens is 2. The number of carbonyl (C=O) groups is 2. The Morgan fingerprint density at radius 2 is 1.82 bits per heavy atom. The minimum Gasteiger partial charge on any atom is -0.378 e. The molecular weight excluding hydrogens is 421 g/mol. The monoisotopic (exact) mass is 449 g/mol. The van der Waals surface area contributed by atoms with Gasteiger partial charge in [-0.05, 0) is 54.8 Å². The van der Waals surface area contributed by atoms with Crippen LogP contribution >= 0.6 is 0 Å². The summed E-state index contributed by atoms with van der Waals surface area (Å²) in [6.45, 7) is 1.46. The zero-order chi connectivity index (χ0) is 23.4. The molecule has 33 heavy (non-hydrogen) atoms. The molecule has 4 rings (SSSR count). The lowest BCUT2D eigenvalue weighted by molar-refractivity contribution is -0.121. The van der Waals surface area contributed by atoms with E-state index in [9.17, 15) is 14.0 Å². The summed E-state index contributed by atoms with van der Waals surface area (Å²) in [5.74, 6) is -0.382. The number of rotatable bonds is 6. The molecule has 2 heterocycles. The SMILES string of the molecule is CN(C)c1ccc(Cn2nccc2NC(=O)C2CCCN(C(=O)c3ccc(F)cc3)C2)cc1. The molecule has 7 nitrogen and oxygen atoms in total. The van der Waals surface area contributed by atoms with E-state index in [1.165, 1.54) is 24.3 Å². The maximum Gasteiger partial charge on any atom is 0.253 e. The summed E-state index contributed by atoms with van der Waals surface area (Å²) in [5, 5.41) is 7.34. The first-order valence-corrected chi connectivity index (χ1v) is 11.0. The Bertz CT molecular complexity index is 1110. The van der Waals surface area contributed by atoms with Crippen LogP contribution in [-0.2, 0) is 11.3 Å². The van der Waals surface area contributed by atoms with Crippen LogP contribution in [0.1, 0.15) is 28.8 Å². The van der Waals surface area contributed by atoms with Gasteiger partial charge in [-0.15, -0.1) is 0 Å². The molecule has 1 aliphatic heterocycles. The van der Waals surface area contributed by atoms with Gasteiger partial charge in [-0.3, -0.25) is 9.59 Å². The zero-order valence-electron chi connectivity index (χ0n) is 18.9. The molecule has 1 aromatic heterocycles. The highest BCUT2D eigenvalue weighted by Gasteiger charge is 2.29. The van der Waals surface area contributed by atoms with Gasteiger partial charge in [0.2, 0.25) is 5.91 Å². The molecule has 1 N–H and O–H groups in total. The molecule has 0 saturated carbocycles. The molecule has 2 amide bonds. The summed E-state index contributed by atoms with van der Waals surface area (Å²) in [5.41, 5.74) is 2.62. The third-order valence-corrected chi connectivity index (χ3v) is 5.92. The molecule has 1 saturated heterocycles. The summed E-state index contributed by atoms with van der Waals surface area (Å²) in [6, 6.07) is 15.5. The van der Waals surface area contributed by atoms with E-state index in [-0.39, 0.29) is 23.5 Å². The second kappa shape index (κ2) is 9.85. The van der Waals surface area contributed by atoms with Crippen molar-refractivity contribution in [3.63, 3.8) is 0 Å². The van der Waals surface area contributed by atoms with E-state index >= 15 is 0 Å². The number of halogens is 1. The van der Waals surface area contributed by atoms with Crippen molar-refractivity contribution in [3.8, 4) is 0 Å². The zero-order valence-corrected chi connectivity index (χ0v) is 18.9. The molecule has 172 valence electrons. The van der Waals surface area contributed by atoms with Crippen LogP contribution in [-0.4, -0.2) is 53.7 Å². The first-order valence-electron chi connectivity index (χ1n) is 11.0. The molecule has 0 bridgehead atoms. The molecule has 0 radical (unpaired) electrons. The van der Waals surface area contributed by atoms with Crippen LogP contribution in [0.15, 0.2) is 60.8 Å². The maximum atomic E-state index is 13.2. The lowest BCUT2D eigenvalue weighted by Gasteiger charge is -2.32. The van der Waals surface area contributed by atoms with Crippen LogP contribution in [0.2, 0.25) is 0 Å². The second-order valence-electron chi connectivity index (χ2n) is 8.52. The largest absolute Gasteiger partial charge is 0.378 e. The highest BCUT2D eigenvalue weighted by molar-refractivity contribution is 5.96. The minimum atomic E-state index is -0.382. The fourth-order valence-corrected chi connectivity index (χ4v) is 4.02. The maximum absolute atomic E-state index is 13.2. The van der Waals surface area contributed by atoms with E-state index in [4.69, 9.17) is 0 Å². The number of benzene rings is 2. The second-order valence-corrected chi connectivity index (χ2v) is 8.52. The Hall–Kier alpha value is -3.68. The van der Waals surface area contributed by atoms with Gasteiger partial charge in [-0.25, -0.2) is 9.07 Å². The Balaban J connectivity index is 1.39. The summed E-state index contributed by atoms with van der Waals surface area (Å²) in [6.07, 6.45) is 3.11. The van der Waals surface area contributed by atoms with E-state index in [0.29, 0.717) is 37.4 Å². The summed E-state index contributed by atoms with van der Waals surface area (Å²) >= 11 is 0. The summed E-state index contributed by atoms with van der Waals surface area (Å²) < 4.78 is 14.9. The predicted octanol–water partition coefficient (Wildman–Crippen LogP) is 3.63. The van der Waals surface area contributed by atoms with Gasteiger partial charge in [0.25, 0.3) is 5.91 Å². The average molecular weight is 450 g/mol. The molecule has 1 fully saturated rings. The fourth-order valence-electron chi connectivity index (χ4n) is 4.02. The molecule has 1 aliphatic rings. The van der Waals surface area contributed by atoms with Crippen LogP contribution < -0.4 is 10.2 Å². The van der Waals surface area contributed by atoms with Crippen LogP contribution in [0.25, 0.3) is 0 Å². The smallest absolute Gasteiger partial charge is 0.253 e. The van der Waals surface area contributed by atoms with E-state index in [1.807, 2.05) is 43.3 Å². The number of hydrogen-bond acceptors (Lipinski definition) is 4. The normalized spacial score (nSPS) is 15.8. The molecule has 0 aliphatic carbocycles. The van der Waals surface area contributed by atoms with Gasteiger partial charge in [0.15, 0.2) is 0 Å². The van der Waals surface area contributed by atoms with Crippen molar-refractivity contribution in [3.05, 3.63) is 77.7 Å². The standard InChI is InChI=1S/C25H28FN5O2/c1-29(2)22-11-5-18(6-12-22)16-31-23(13-14-27-31)28-24(32)20-4-3-15-30(17-20)25(33)19-7-9-21(26)10-8-19/h5-14,20H,3-4,15-17H2,1-2H3,(H,28,32). The van der Waals surface area contributed by atoms with Crippen molar-refractivity contribution in [2.75, 3.05) is 37.4 Å².